The molecule has 0 aromatic carbocycles. The number of hydrogen-bond donors (Lipinski definition) is 3. The first-order valence-electron chi connectivity index (χ1n) is 22.2. The number of ether oxygens (including phenoxy) is 2. The Balaban J connectivity index is 4.43. The number of rotatable bonds is 41. The molecule has 11 heteroatoms. The van der Waals surface area contributed by atoms with E-state index in [1.165, 1.54) is 83.5 Å². The van der Waals surface area contributed by atoms with Gasteiger partial charge >= 0.3 is 25.5 Å². The second-order valence-corrected chi connectivity index (χ2v) is 17.2. The lowest BCUT2D eigenvalue weighted by Crippen LogP contribution is -2.30. The molecule has 1 unspecified atom stereocenters. The number of carbonyl (C=O) groups is 3. The van der Waals surface area contributed by atoms with Crippen molar-refractivity contribution in [2.24, 2.45) is 5.73 Å². The maximum absolute atomic E-state index is 12.7. The Morgan fingerprint density at radius 1 is 0.582 bits per heavy atom. The molecule has 0 aliphatic carbocycles. The molecule has 0 aliphatic rings. The second kappa shape index (κ2) is 38.9. The molecule has 0 bridgehead atoms. The zero-order chi connectivity index (χ0) is 40.7. The fourth-order valence-electron chi connectivity index (χ4n) is 6.20. The number of unbranched alkanes of at least 4 members (excludes halogenated alkanes) is 22. The topological polar surface area (TPSA) is 162 Å². The smallest absolute Gasteiger partial charge is 0.328 e. The van der Waals surface area contributed by atoms with Gasteiger partial charge < -0.3 is 29.7 Å². The summed E-state index contributed by atoms with van der Waals surface area (Å²) in [6.07, 6.45) is 38.5. The third-order valence-electron chi connectivity index (χ3n) is 9.75. The summed E-state index contributed by atoms with van der Waals surface area (Å²) in [7, 11) is -4.11. The van der Waals surface area contributed by atoms with Gasteiger partial charge in [0.2, 0.25) is 0 Å². The van der Waals surface area contributed by atoms with Crippen LogP contribution in [0.15, 0.2) is 24.3 Å². The first kappa shape index (κ1) is 53.0. The summed E-state index contributed by atoms with van der Waals surface area (Å²) in [5.41, 5.74) is 5.49. The van der Waals surface area contributed by atoms with Crippen molar-refractivity contribution in [2.75, 3.05) is 19.4 Å². The van der Waals surface area contributed by atoms with Crippen LogP contribution in [0.4, 0.5) is 0 Å². The molecule has 322 valence electrons. The lowest BCUT2D eigenvalue weighted by Gasteiger charge is -2.20. The Morgan fingerprint density at radius 3 is 1.42 bits per heavy atom. The molecule has 0 aliphatic heterocycles. The van der Waals surface area contributed by atoms with Gasteiger partial charge in [-0.25, -0.2) is 0 Å². The van der Waals surface area contributed by atoms with Gasteiger partial charge in [0.15, 0.2) is 6.10 Å². The van der Waals surface area contributed by atoms with Crippen molar-refractivity contribution < 1.29 is 42.9 Å². The van der Waals surface area contributed by atoms with Crippen LogP contribution in [0.3, 0.4) is 0 Å². The highest BCUT2D eigenvalue weighted by atomic mass is 31.2. The molecule has 0 aromatic heterocycles. The third kappa shape index (κ3) is 38.6. The summed E-state index contributed by atoms with van der Waals surface area (Å²) >= 11 is 0. The molecule has 0 rings (SSSR count). The summed E-state index contributed by atoms with van der Waals surface area (Å²) in [6, 6.07) is -1.13. The van der Waals surface area contributed by atoms with Crippen LogP contribution in [0.25, 0.3) is 0 Å². The van der Waals surface area contributed by atoms with E-state index in [1.54, 1.807) is 0 Å². The normalized spacial score (nSPS) is 14.0. The zero-order valence-electron chi connectivity index (χ0n) is 35.1. The molecule has 0 aromatic rings. The number of carboxylic acid groups (broad SMARTS) is 1. The lowest BCUT2D eigenvalue weighted by atomic mass is 10.1. The molecule has 3 atom stereocenters. The Hall–Kier alpha value is -2.00. The summed E-state index contributed by atoms with van der Waals surface area (Å²) in [5, 5.41) is 8.94. The molecule has 0 radical (unpaired) electrons. The fraction of sp³-hybridized carbons (Fsp3) is 0.841. The molecule has 4 N–H and O–H groups in total. The van der Waals surface area contributed by atoms with E-state index in [9.17, 15) is 23.8 Å². The van der Waals surface area contributed by atoms with Gasteiger partial charge in [0.05, 0.1) is 12.8 Å². The molecular formula is C44H82NO9P. The third-order valence-corrected chi connectivity index (χ3v) is 11.2. The van der Waals surface area contributed by atoms with Crippen LogP contribution >= 0.6 is 7.60 Å². The van der Waals surface area contributed by atoms with Crippen molar-refractivity contribution in [3.05, 3.63) is 24.3 Å². The van der Waals surface area contributed by atoms with Crippen molar-refractivity contribution in [2.45, 2.75) is 219 Å². The number of nitrogens with two attached hydrogens (primary N) is 1. The minimum absolute atomic E-state index is 0.0194. The molecule has 10 nitrogen and oxygen atoms in total. The quantitative estimate of drug-likeness (QED) is 0.0235. The van der Waals surface area contributed by atoms with Gasteiger partial charge in [-0.15, -0.1) is 0 Å². The average Bonchev–Trinajstić information content (AvgIpc) is 3.15. The predicted octanol–water partition coefficient (Wildman–Crippen LogP) is 11.9. The standard InChI is InChI=1S/C44H82NO9P/c1-3-5-7-9-11-13-15-17-19-21-23-25-27-29-31-35-42(46)52-38-40(39-53-55(50,51)37-33-34-41(45)44(48)49)54-43(47)36-32-30-28-26-24-22-20-18-16-14-12-10-8-6-4-2/h17-20,40-41H,3-16,21-39,45H2,1-2H3,(H,48,49)(H,50,51)/b19-17-,20-18-/t40-,41+/m1/s1. The Bertz CT molecular complexity index is 1030. The van der Waals surface area contributed by atoms with Crippen LogP contribution in [0.5, 0.6) is 0 Å². The monoisotopic (exact) mass is 800 g/mol. The lowest BCUT2D eigenvalue weighted by molar-refractivity contribution is -0.161. The van der Waals surface area contributed by atoms with E-state index in [2.05, 4.69) is 38.2 Å². The van der Waals surface area contributed by atoms with Crippen molar-refractivity contribution in [3.63, 3.8) is 0 Å². The van der Waals surface area contributed by atoms with E-state index in [1.807, 2.05) is 0 Å². The first-order valence-corrected chi connectivity index (χ1v) is 24.0. The summed E-state index contributed by atoms with van der Waals surface area (Å²) in [4.78, 5) is 46.4. The number of carbonyl (C=O) groups excluding carboxylic acids is 2. The van der Waals surface area contributed by atoms with Gasteiger partial charge in [-0.3, -0.25) is 18.9 Å². The van der Waals surface area contributed by atoms with Crippen LogP contribution in [-0.4, -0.2) is 59.4 Å². The highest BCUT2D eigenvalue weighted by molar-refractivity contribution is 7.52. The van der Waals surface area contributed by atoms with Crippen LogP contribution in [0.1, 0.15) is 206 Å². The van der Waals surface area contributed by atoms with Gasteiger partial charge in [0.25, 0.3) is 0 Å². The van der Waals surface area contributed by atoms with Gasteiger partial charge in [-0.05, 0) is 77.0 Å². The van der Waals surface area contributed by atoms with Gasteiger partial charge in [0.1, 0.15) is 12.6 Å². The average molecular weight is 800 g/mol. The van der Waals surface area contributed by atoms with Gasteiger partial charge in [0, 0.05) is 12.8 Å². The Labute approximate surface area is 335 Å². The second-order valence-electron chi connectivity index (χ2n) is 15.2. The number of allylic oxidation sites excluding steroid dienone is 4. The predicted molar refractivity (Wildman–Crippen MR) is 225 cm³/mol. The van der Waals surface area contributed by atoms with Gasteiger partial charge in [-0.2, -0.15) is 0 Å². The molecule has 0 spiro atoms. The summed E-state index contributed by atoms with van der Waals surface area (Å²) < 4.78 is 28.7. The molecule has 55 heavy (non-hydrogen) atoms. The fourth-order valence-corrected chi connectivity index (χ4v) is 7.31. The Kier molecular flexibility index (Phi) is 37.4. The van der Waals surface area contributed by atoms with Crippen molar-refractivity contribution in [1.29, 1.82) is 0 Å². The SMILES string of the molecule is CCCCCCCC/C=C\CCCCCCCC(=O)OC[C@H](COP(=O)(O)CCC[C@H](N)C(=O)O)OC(=O)CCCCCCC/C=C\CCCCCCCC. The molecule has 0 amide bonds. The van der Waals surface area contributed by atoms with E-state index in [0.717, 1.165) is 70.6 Å². The van der Waals surface area contributed by atoms with Gasteiger partial charge in [-0.1, -0.05) is 141 Å². The largest absolute Gasteiger partial charge is 0.480 e. The number of esters is 2. The van der Waals surface area contributed by atoms with Crippen LogP contribution in [0.2, 0.25) is 0 Å². The molecule has 0 saturated heterocycles. The van der Waals surface area contributed by atoms with E-state index in [-0.39, 0.29) is 38.5 Å². The van der Waals surface area contributed by atoms with Crippen LogP contribution in [0, 0.1) is 0 Å². The zero-order valence-corrected chi connectivity index (χ0v) is 36.0. The van der Waals surface area contributed by atoms with E-state index < -0.39 is 44.3 Å². The van der Waals surface area contributed by atoms with Crippen LogP contribution in [-0.2, 0) is 32.9 Å². The molecule has 0 fully saturated rings. The molecule has 0 saturated carbocycles. The van der Waals surface area contributed by atoms with E-state index in [4.69, 9.17) is 24.8 Å². The number of carboxylic acids is 1. The molecule has 0 heterocycles. The number of hydrogen-bond acceptors (Lipinski definition) is 8. The van der Waals surface area contributed by atoms with Crippen molar-refractivity contribution in [1.82, 2.24) is 0 Å². The summed E-state index contributed by atoms with van der Waals surface area (Å²) in [6.45, 7) is 3.79. The van der Waals surface area contributed by atoms with E-state index in [0.29, 0.717) is 12.8 Å². The Morgan fingerprint density at radius 2 is 0.982 bits per heavy atom. The highest BCUT2D eigenvalue weighted by Gasteiger charge is 2.25. The van der Waals surface area contributed by atoms with Crippen LogP contribution < -0.4 is 5.73 Å². The summed E-state index contributed by atoms with van der Waals surface area (Å²) in [5.74, 6) is -2.07. The highest BCUT2D eigenvalue weighted by Crippen LogP contribution is 2.43. The minimum Gasteiger partial charge on any atom is -0.480 e. The van der Waals surface area contributed by atoms with Crippen molar-refractivity contribution >= 4 is 25.5 Å². The first-order chi connectivity index (χ1) is 26.6. The minimum atomic E-state index is -4.11. The van der Waals surface area contributed by atoms with E-state index >= 15 is 0 Å². The van der Waals surface area contributed by atoms with Crippen molar-refractivity contribution in [3.8, 4) is 0 Å². The number of aliphatic carboxylic acids is 1. The maximum Gasteiger partial charge on any atom is 0.328 e. The molecular weight excluding hydrogens is 717 g/mol. The maximum atomic E-state index is 12.7.